The van der Waals surface area contributed by atoms with E-state index in [4.69, 9.17) is 11.6 Å². The summed E-state index contributed by atoms with van der Waals surface area (Å²) in [5.41, 5.74) is 0.893. The van der Waals surface area contributed by atoms with Gasteiger partial charge < -0.3 is 17.3 Å². The Morgan fingerprint density at radius 1 is 1.06 bits per heavy atom. The lowest BCUT2D eigenvalue weighted by Crippen LogP contribution is -2.02. The van der Waals surface area contributed by atoms with Crippen LogP contribution in [0.1, 0.15) is 0 Å². The Kier molecular flexibility index (Phi) is 4.44. The molecular formula is C7H5BClF4N4-. The average Bonchev–Trinajstić information content (AvgIpc) is 2.69. The Bertz CT molecular complexity index is 438. The molecule has 10 heteroatoms. The summed E-state index contributed by atoms with van der Waals surface area (Å²) in [6, 6.07) is 7.27. The molecule has 0 radical (unpaired) electrons. The number of halogens is 5. The van der Waals surface area contributed by atoms with Gasteiger partial charge in [-0.1, -0.05) is 11.6 Å². The fourth-order valence-corrected chi connectivity index (χ4v) is 0.999. The maximum absolute atomic E-state index is 9.75. The van der Waals surface area contributed by atoms with Gasteiger partial charge in [0.05, 0.1) is 5.69 Å². The lowest BCUT2D eigenvalue weighted by molar-refractivity contribution is 0.368. The second kappa shape index (κ2) is 5.62. The van der Waals surface area contributed by atoms with E-state index in [1.54, 1.807) is 16.8 Å². The van der Waals surface area contributed by atoms with Crippen LogP contribution in [0.4, 0.5) is 17.3 Å². The third-order valence-electron chi connectivity index (χ3n) is 1.44. The largest absolute Gasteiger partial charge is 0.673 e. The van der Waals surface area contributed by atoms with Crippen molar-refractivity contribution < 1.29 is 17.3 Å². The molecule has 0 saturated carbocycles. The van der Waals surface area contributed by atoms with Crippen LogP contribution >= 0.6 is 11.6 Å². The molecule has 4 nitrogen and oxygen atoms in total. The zero-order valence-corrected chi connectivity index (χ0v) is 8.90. The second-order valence-electron chi connectivity index (χ2n) is 2.73. The summed E-state index contributed by atoms with van der Waals surface area (Å²) >= 11 is 5.71. The van der Waals surface area contributed by atoms with Crippen molar-refractivity contribution in [1.29, 1.82) is 0 Å². The molecule has 0 aliphatic heterocycles. The summed E-state index contributed by atoms with van der Waals surface area (Å²) < 4.78 is 40.6. The predicted octanol–water partition coefficient (Wildman–Crippen LogP) is 2.62. The lowest BCUT2D eigenvalue weighted by atomic mass is 10.3. The van der Waals surface area contributed by atoms with Gasteiger partial charge in [-0.15, -0.1) is 5.10 Å². The highest BCUT2D eigenvalue weighted by Gasteiger charge is 2.20. The molecule has 2 aromatic rings. The van der Waals surface area contributed by atoms with Crippen molar-refractivity contribution in [3.8, 4) is 5.69 Å². The van der Waals surface area contributed by atoms with Gasteiger partial charge in [-0.3, -0.25) is 0 Å². The van der Waals surface area contributed by atoms with Crippen molar-refractivity contribution >= 4 is 18.9 Å². The number of aromatic nitrogens is 4. The van der Waals surface area contributed by atoms with E-state index in [2.05, 4.69) is 15.5 Å². The molecular weight excluding hydrogens is 262 g/mol. The molecule has 0 unspecified atom stereocenters. The predicted molar refractivity (Wildman–Crippen MR) is 54.3 cm³/mol. The molecule has 0 atom stereocenters. The van der Waals surface area contributed by atoms with Gasteiger partial charge in [-0.2, -0.15) is 0 Å². The molecule has 2 rings (SSSR count). The molecule has 1 aromatic carbocycles. The standard InChI is InChI=1S/C7H5ClN4.BF4/c8-6-1-3-7(4-2-6)12-5-9-10-11-12;2-1(3,4)5/h1-5H;/q;-1. The van der Waals surface area contributed by atoms with Gasteiger partial charge >= 0.3 is 7.25 Å². The smallest absolute Gasteiger partial charge is 0.418 e. The molecule has 1 heterocycles. The van der Waals surface area contributed by atoms with E-state index < -0.39 is 7.25 Å². The van der Waals surface area contributed by atoms with Gasteiger partial charge in [0, 0.05) is 5.02 Å². The minimum Gasteiger partial charge on any atom is -0.418 e. The summed E-state index contributed by atoms with van der Waals surface area (Å²) in [7, 11) is -6.00. The lowest BCUT2D eigenvalue weighted by Gasteiger charge is -1.96. The first-order chi connectivity index (χ1) is 7.86. The van der Waals surface area contributed by atoms with Gasteiger partial charge in [0.25, 0.3) is 0 Å². The first-order valence-corrected chi connectivity index (χ1v) is 4.60. The van der Waals surface area contributed by atoms with Crippen LogP contribution in [-0.2, 0) is 0 Å². The molecule has 0 amide bonds. The zero-order chi connectivity index (χ0) is 12.9. The van der Waals surface area contributed by atoms with Crippen molar-refractivity contribution in [2.45, 2.75) is 0 Å². The van der Waals surface area contributed by atoms with Gasteiger partial charge in [0.15, 0.2) is 0 Å². The maximum atomic E-state index is 9.75. The summed E-state index contributed by atoms with van der Waals surface area (Å²) in [6.45, 7) is 0. The number of nitrogens with zero attached hydrogens (tertiary/aromatic N) is 4. The van der Waals surface area contributed by atoms with Crippen molar-refractivity contribution in [1.82, 2.24) is 20.2 Å². The molecule has 0 spiro atoms. The van der Waals surface area contributed by atoms with Crippen molar-refractivity contribution in [3.63, 3.8) is 0 Å². The SMILES string of the molecule is Clc1ccc(-n2cnnn2)cc1.F[B-](F)(F)F. The summed E-state index contributed by atoms with van der Waals surface area (Å²) in [4.78, 5) is 0. The summed E-state index contributed by atoms with van der Waals surface area (Å²) in [5.74, 6) is 0. The van der Waals surface area contributed by atoms with Crippen molar-refractivity contribution in [2.75, 3.05) is 0 Å². The van der Waals surface area contributed by atoms with Gasteiger partial charge in [0.1, 0.15) is 6.33 Å². The van der Waals surface area contributed by atoms with E-state index in [0.29, 0.717) is 5.02 Å². The number of rotatable bonds is 1. The average molecular weight is 267 g/mol. The molecule has 0 aliphatic rings. The fourth-order valence-electron chi connectivity index (χ4n) is 0.873. The van der Waals surface area contributed by atoms with Crippen molar-refractivity contribution in [2.24, 2.45) is 0 Å². The highest BCUT2D eigenvalue weighted by molar-refractivity contribution is 6.50. The van der Waals surface area contributed by atoms with E-state index in [1.165, 1.54) is 6.33 Å². The molecule has 92 valence electrons. The molecule has 0 saturated heterocycles. The Morgan fingerprint density at radius 2 is 1.59 bits per heavy atom. The van der Waals surface area contributed by atoms with Gasteiger partial charge in [-0.05, 0) is 34.7 Å². The van der Waals surface area contributed by atoms with E-state index in [0.717, 1.165) is 5.69 Å². The molecule has 0 fully saturated rings. The van der Waals surface area contributed by atoms with Crippen LogP contribution in [0.25, 0.3) is 5.69 Å². The van der Waals surface area contributed by atoms with E-state index >= 15 is 0 Å². The maximum Gasteiger partial charge on any atom is 0.673 e. The van der Waals surface area contributed by atoms with Crippen LogP contribution in [0.3, 0.4) is 0 Å². The van der Waals surface area contributed by atoms with E-state index in [1.807, 2.05) is 12.1 Å². The van der Waals surface area contributed by atoms with Crippen molar-refractivity contribution in [3.05, 3.63) is 35.6 Å². The van der Waals surface area contributed by atoms with Crippen LogP contribution in [0.2, 0.25) is 5.02 Å². The number of benzene rings is 1. The fraction of sp³-hybridized carbons (Fsp3) is 0. The monoisotopic (exact) mass is 267 g/mol. The van der Waals surface area contributed by atoms with Crippen LogP contribution in [0.5, 0.6) is 0 Å². The number of tetrazole rings is 1. The highest BCUT2D eigenvalue weighted by Crippen LogP contribution is 2.11. The van der Waals surface area contributed by atoms with E-state index in [9.17, 15) is 17.3 Å². The summed E-state index contributed by atoms with van der Waals surface area (Å²) in [6.07, 6.45) is 1.53. The minimum atomic E-state index is -6.00. The van der Waals surface area contributed by atoms with Gasteiger partial charge in [0.2, 0.25) is 0 Å². The Morgan fingerprint density at radius 3 is 2.00 bits per heavy atom. The third kappa shape index (κ3) is 5.86. The first-order valence-electron chi connectivity index (χ1n) is 4.22. The van der Waals surface area contributed by atoms with Crippen LogP contribution < -0.4 is 0 Å². The Hall–Kier alpha value is -1.64. The van der Waals surface area contributed by atoms with Crippen LogP contribution in [0.15, 0.2) is 30.6 Å². The Balaban J connectivity index is 0.000000249. The zero-order valence-electron chi connectivity index (χ0n) is 8.14. The topological polar surface area (TPSA) is 43.6 Å². The quantitative estimate of drug-likeness (QED) is 0.589. The highest BCUT2D eigenvalue weighted by atomic mass is 35.5. The second-order valence-corrected chi connectivity index (χ2v) is 3.16. The molecule has 0 aliphatic carbocycles. The Labute approximate surface area is 98.3 Å². The molecule has 0 bridgehead atoms. The van der Waals surface area contributed by atoms with Crippen LogP contribution in [-0.4, -0.2) is 27.5 Å². The first kappa shape index (κ1) is 13.4. The summed E-state index contributed by atoms with van der Waals surface area (Å²) in [5, 5.41) is 11.5. The van der Waals surface area contributed by atoms with E-state index in [-0.39, 0.29) is 0 Å². The normalized spacial score (nSPS) is 10.6. The molecule has 0 N–H and O–H groups in total. The molecule has 17 heavy (non-hydrogen) atoms. The van der Waals surface area contributed by atoms with Crippen LogP contribution in [0, 0.1) is 0 Å². The number of hydrogen-bond donors (Lipinski definition) is 0. The molecule has 1 aromatic heterocycles. The van der Waals surface area contributed by atoms with Gasteiger partial charge in [-0.25, -0.2) is 4.68 Å². The minimum absolute atomic E-state index is 0.701. The number of hydrogen-bond acceptors (Lipinski definition) is 3. The third-order valence-corrected chi connectivity index (χ3v) is 1.69.